The van der Waals surface area contributed by atoms with E-state index in [-0.39, 0.29) is 23.8 Å². The van der Waals surface area contributed by atoms with Crippen molar-refractivity contribution >= 4 is 31.6 Å². The summed E-state index contributed by atoms with van der Waals surface area (Å²) in [6.45, 7) is 20.4. The van der Waals surface area contributed by atoms with E-state index >= 15 is 0 Å². The van der Waals surface area contributed by atoms with Crippen LogP contribution in [0, 0.1) is 0 Å². The van der Waals surface area contributed by atoms with Crippen molar-refractivity contribution in [2.75, 3.05) is 60.0 Å². The lowest BCUT2D eigenvalue weighted by molar-refractivity contribution is -0.432. The average molecular weight is 326 g/mol. The lowest BCUT2D eigenvalue weighted by Crippen LogP contribution is -2.24. The van der Waals surface area contributed by atoms with Crippen LogP contribution in [0.15, 0.2) is 0 Å². The SMILES string of the molecule is C[PH+](C)C.C[PH+](C)C.C[PH+](C)C.O=P([O-])([O-])[O-]. The average Bonchev–Trinajstić information content (AvgIpc) is 1.73. The molecule has 0 aromatic heterocycles. The van der Waals surface area contributed by atoms with E-state index in [9.17, 15) is 0 Å². The summed E-state index contributed by atoms with van der Waals surface area (Å²) in [4.78, 5) is 25.6. The van der Waals surface area contributed by atoms with Gasteiger partial charge in [0.1, 0.15) is 0 Å². The number of rotatable bonds is 0. The summed E-state index contributed by atoms with van der Waals surface area (Å²) >= 11 is 0. The van der Waals surface area contributed by atoms with Crippen LogP contribution in [0.3, 0.4) is 0 Å². The maximum absolute atomic E-state index is 8.55. The van der Waals surface area contributed by atoms with Gasteiger partial charge >= 0.3 is 0 Å². The zero-order valence-corrected chi connectivity index (χ0v) is 16.5. The van der Waals surface area contributed by atoms with E-state index in [1.165, 1.54) is 0 Å². The highest BCUT2D eigenvalue weighted by molar-refractivity contribution is 7.55. The van der Waals surface area contributed by atoms with E-state index < -0.39 is 7.82 Å². The molecule has 0 spiro atoms. The Balaban J connectivity index is -0.0000000667. The van der Waals surface area contributed by atoms with Crippen LogP contribution >= 0.6 is 31.6 Å². The molecule has 0 radical (unpaired) electrons. The minimum absolute atomic E-state index is 0.120. The molecule has 0 N–H and O–H groups in total. The van der Waals surface area contributed by atoms with Crippen LogP contribution in [0.4, 0.5) is 0 Å². The van der Waals surface area contributed by atoms with E-state index in [4.69, 9.17) is 19.2 Å². The van der Waals surface area contributed by atoms with Gasteiger partial charge in [0.25, 0.3) is 0 Å². The third-order valence-corrected chi connectivity index (χ3v) is 0. The van der Waals surface area contributed by atoms with Gasteiger partial charge in [-0.3, -0.25) is 0 Å². The molecule has 0 heterocycles. The van der Waals surface area contributed by atoms with Gasteiger partial charge < -0.3 is 19.2 Å². The Morgan fingerprint density at radius 2 is 0.588 bits per heavy atom. The fourth-order valence-electron chi connectivity index (χ4n) is 0. The molecule has 0 aliphatic carbocycles. The first kappa shape index (κ1) is 26.9. The second-order valence-corrected chi connectivity index (χ2v) is 14.8. The Labute approximate surface area is 111 Å². The quantitative estimate of drug-likeness (QED) is 0.605. The molecule has 0 aromatic rings. The van der Waals surface area contributed by atoms with Crippen molar-refractivity contribution in [3.05, 3.63) is 0 Å². The summed E-state index contributed by atoms with van der Waals surface area (Å²) < 4.78 is 8.55. The fourth-order valence-corrected chi connectivity index (χ4v) is 0. The molecule has 0 aromatic carbocycles. The molecule has 4 nitrogen and oxygen atoms in total. The fraction of sp³-hybridized carbons (Fsp3) is 1.00. The second-order valence-electron chi connectivity index (χ2n) is 4.95. The summed E-state index contributed by atoms with van der Waals surface area (Å²) in [7, 11) is -5.03. The Hall–Kier alpha value is 1.40. The lowest BCUT2D eigenvalue weighted by Gasteiger charge is -2.36. The van der Waals surface area contributed by atoms with Crippen LogP contribution in [0.25, 0.3) is 0 Å². The van der Waals surface area contributed by atoms with E-state index in [0.717, 1.165) is 0 Å². The molecular formula is C9H30O4P4. The van der Waals surface area contributed by atoms with Crippen LogP contribution in [0.2, 0.25) is 0 Å². The van der Waals surface area contributed by atoms with Gasteiger partial charge in [0, 0.05) is 60.0 Å². The number of hydrogen-bond donors (Lipinski definition) is 0. The molecule has 17 heavy (non-hydrogen) atoms. The van der Waals surface area contributed by atoms with E-state index in [1.807, 2.05) is 0 Å². The molecule has 0 amide bonds. The number of phosphoric acid groups is 1. The van der Waals surface area contributed by atoms with Crippen LogP contribution in [-0.2, 0) is 4.57 Å². The van der Waals surface area contributed by atoms with Gasteiger partial charge in [-0.15, -0.1) is 0 Å². The summed E-state index contributed by atoms with van der Waals surface area (Å²) in [6, 6.07) is 0. The molecule has 110 valence electrons. The van der Waals surface area contributed by atoms with Crippen molar-refractivity contribution in [1.29, 1.82) is 0 Å². The Bertz CT molecular complexity index is 138. The molecule has 0 aliphatic heterocycles. The monoisotopic (exact) mass is 326 g/mol. The molecule has 0 bridgehead atoms. The summed E-state index contributed by atoms with van der Waals surface area (Å²) in [5, 5.41) is 0. The highest BCUT2D eigenvalue weighted by atomic mass is 31.2. The molecular weight excluding hydrogens is 296 g/mol. The standard InChI is InChI=1S/3C3H9P.H3O4P/c3*1-4(2)3;1-5(2,3)4/h3*1-3H3;(H3,1,2,3,4). The zero-order valence-electron chi connectivity index (χ0n) is 12.6. The first-order chi connectivity index (χ1) is 7.20. The molecule has 0 saturated heterocycles. The van der Waals surface area contributed by atoms with Crippen molar-refractivity contribution in [1.82, 2.24) is 0 Å². The molecule has 0 atom stereocenters. The van der Waals surface area contributed by atoms with E-state index in [0.29, 0.717) is 0 Å². The predicted octanol–water partition coefficient (Wildman–Crippen LogP) is 0.445. The Morgan fingerprint density at radius 3 is 0.588 bits per heavy atom. The lowest BCUT2D eigenvalue weighted by atomic mass is 11.9. The molecule has 0 fully saturated rings. The van der Waals surface area contributed by atoms with Crippen molar-refractivity contribution in [2.24, 2.45) is 0 Å². The molecule has 0 saturated carbocycles. The second kappa shape index (κ2) is 17.4. The third-order valence-electron chi connectivity index (χ3n) is 0. The first-order valence-corrected chi connectivity index (χ1v) is 15.7. The van der Waals surface area contributed by atoms with Gasteiger partial charge in [0.15, 0.2) is 0 Å². The minimum Gasteiger partial charge on any atom is -0.822 e. The van der Waals surface area contributed by atoms with Gasteiger partial charge in [-0.25, -0.2) is 0 Å². The largest absolute Gasteiger partial charge is 0.822 e. The highest BCUT2D eigenvalue weighted by Crippen LogP contribution is 2.15. The molecule has 8 heteroatoms. The van der Waals surface area contributed by atoms with Gasteiger partial charge in [-0.1, -0.05) is 0 Å². The Kier molecular flexibility index (Phi) is 27.5. The minimum atomic E-state index is -5.39. The Morgan fingerprint density at radius 1 is 0.588 bits per heavy atom. The van der Waals surface area contributed by atoms with Crippen LogP contribution < -0.4 is 14.7 Å². The van der Waals surface area contributed by atoms with Crippen molar-refractivity contribution in [3.63, 3.8) is 0 Å². The summed E-state index contributed by atoms with van der Waals surface area (Å²) in [5.41, 5.74) is 0. The van der Waals surface area contributed by atoms with Crippen molar-refractivity contribution in [3.8, 4) is 0 Å². The molecule has 0 unspecified atom stereocenters. The van der Waals surface area contributed by atoms with Crippen LogP contribution in [0.1, 0.15) is 0 Å². The summed E-state index contributed by atoms with van der Waals surface area (Å²) in [6.07, 6.45) is 0. The smallest absolute Gasteiger partial charge is 0.0461 e. The predicted molar refractivity (Wildman–Crippen MR) is 85.9 cm³/mol. The molecule has 0 aliphatic rings. The first-order valence-electron chi connectivity index (χ1n) is 5.23. The highest BCUT2D eigenvalue weighted by Gasteiger charge is 1.76. The maximum Gasteiger partial charge on any atom is 0.0461 e. The molecule has 0 rings (SSSR count). The van der Waals surface area contributed by atoms with Gasteiger partial charge in [0.2, 0.25) is 0 Å². The van der Waals surface area contributed by atoms with Crippen LogP contribution in [-0.4, -0.2) is 60.0 Å². The maximum atomic E-state index is 8.55. The zero-order chi connectivity index (χ0) is 15.2. The van der Waals surface area contributed by atoms with Gasteiger partial charge in [-0.05, 0) is 23.8 Å². The van der Waals surface area contributed by atoms with Crippen molar-refractivity contribution in [2.45, 2.75) is 0 Å². The van der Waals surface area contributed by atoms with Gasteiger partial charge in [0.05, 0.1) is 0 Å². The van der Waals surface area contributed by atoms with Crippen LogP contribution in [0.5, 0.6) is 0 Å². The van der Waals surface area contributed by atoms with E-state index in [2.05, 4.69) is 60.0 Å². The third kappa shape index (κ3) is 2110. The topological polar surface area (TPSA) is 86.2 Å². The normalized spacial score (nSPS) is 9.82. The van der Waals surface area contributed by atoms with E-state index in [1.54, 1.807) is 0 Å². The summed E-state index contributed by atoms with van der Waals surface area (Å²) in [5.74, 6) is 0. The van der Waals surface area contributed by atoms with Crippen molar-refractivity contribution < 1.29 is 19.2 Å². The number of hydrogen-bond acceptors (Lipinski definition) is 4. The van der Waals surface area contributed by atoms with Gasteiger partial charge in [-0.2, -0.15) is 7.82 Å².